The smallest absolute Gasteiger partial charge is 0.323 e. The monoisotopic (exact) mass is 275 g/mol. The molecule has 2 unspecified atom stereocenters. The average molecular weight is 275 g/mol. The number of rotatable bonds is 9. The number of thioether (sulfide) groups is 1. The second-order valence-electron chi connectivity index (χ2n) is 4.36. The van der Waals surface area contributed by atoms with Crippen LogP contribution in [0.15, 0.2) is 0 Å². The molecular formula is C13H25NO3S. The van der Waals surface area contributed by atoms with Gasteiger partial charge in [0.25, 0.3) is 0 Å². The molecule has 0 bridgehead atoms. The predicted molar refractivity (Wildman–Crippen MR) is 75.0 cm³/mol. The third-order valence-corrected chi connectivity index (χ3v) is 4.03. The topological polar surface area (TPSA) is 47.6 Å². The van der Waals surface area contributed by atoms with Crippen LogP contribution in [0, 0.1) is 0 Å². The van der Waals surface area contributed by atoms with Crippen LogP contribution in [-0.4, -0.2) is 49.4 Å². The van der Waals surface area contributed by atoms with E-state index < -0.39 is 0 Å². The molecule has 1 aliphatic heterocycles. The van der Waals surface area contributed by atoms with Crippen LogP contribution in [-0.2, 0) is 14.3 Å². The second-order valence-corrected chi connectivity index (χ2v) is 5.51. The average Bonchev–Trinajstić information content (AvgIpc) is 2.86. The van der Waals surface area contributed by atoms with Crippen molar-refractivity contribution in [3.63, 3.8) is 0 Å². The minimum atomic E-state index is -0.160. The van der Waals surface area contributed by atoms with Crippen molar-refractivity contribution in [2.45, 2.75) is 45.3 Å². The van der Waals surface area contributed by atoms with E-state index in [-0.39, 0.29) is 12.0 Å². The Balaban J connectivity index is 2.13. The zero-order valence-corrected chi connectivity index (χ0v) is 12.3. The van der Waals surface area contributed by atoms with E-state index in [2.05, 4.69) is 5.32 Å². The number of carbonyl (C=O) groups excluding carboxylic acids is 1. The molecule has 0 spiro atoms. The fourth-order valence-corrected chi connectivity index (χ4v) is 3.08. The van der Waals surface area contributed by atoms with Crippen LogP contribution in [0.25, 0.3) is 0 Å². The van der Waals surface area contributed by atoms with Gasteiger partial charge in [0, 0.05) is 12.4 Å². The van der Waals surface area contributed by atoms with Crippen molar-refractivity contribution in [3.8, 4) is 0 Å². The number of esters is 1. The summed E-state index contributed by atoms with van der Waals surface area (Å²) >= 11 is 1.87. The molecule has 106 valence electrons. The molecule has 0 aliphatic carbocycles. The van der Waals surface area contributed by atoms with E-state index in [0.717, 1.165) is 31.1 Å². The SMILES string of the molecule is CCNC(CCSCC1CCCO1)C(=O)OCC. The molecule has 0 saturated carbocycles. The van der Waals surface area contributed by atoms with Gasteiger partial charge in [-0.2, -0.15) is 11.8 Å². The highest BCUT2D eigenvalue weighted by molar-refractivity contribution is 7.99. The lowest BCUT2D eigenvalue weighted by molar-refractivity contribution is -0.145. The summed E-state index contributed by atoms with van der Waals surface area (Å²) in [6.07, 6.45) is 3.62. The summed E-state index contributed by atoms with van der Waals surface area (Å²) in [5.41, 5.74) is 0. The van der Waals surface area contributed by atoms with Crippen molar-refractivity contribution < 1.29 is 14.3 Å². The molecule has 0 radical (unpaired) electrons. The number of hydrogen-bond acceptors (Lipinski definition) is 5. The van der Waals surface area contributed by atoms with Crippen molar-refractivity contribution in [2.75, 3.05) is 31.3 Å². The zero-order valence-electron chi connectivity index (χ0n) is 11.4. The summed E-state index contributed by atoms with van der Waals surface area (Å²) in [7, 11) is 0. The van der Waals surface area contributed by atoms with Crippen LogP contribution >= 0.6 is 11.8 Å². The molecule has 1 rings (SSSR count). The molecule has 0 amide bonds. The standard InChI is InChI=1S/C13H25NO3S/c1-3-14-12(13(15)16-4-2)7-9-18-10-11-6-5-8-17-11/h11-12,14H,3-10H2,1-2H3. The van der Waals surface area contributed by atoms with Gasteiger partial charge in [-0.1, -0.05) is 6.92 Å². The maximum absolute atomic E-state index is 11.7. The first-order chi connectivity index (χ1) is 8.77. The number of ether oxygens (including phenoxy) is 2. The highest BCUT2D eigenvalue weighted by Crippen LogP contribution is 2.18. The lowest BCUT2D eigenvalue weighted by atomic mass is 10.2. The van der Waals surface area contributed by atoms with Gasteiger partial charge in [-0.25, -0.2) is 0 Å². The van der Waals surface area contributed by atoms with Crippen LogP contribution in [0.4, 0.5) is 0 Å². The van der Waals surface area contributed by atoms with Gasteiger partial charge < -0.3 is 14.8 Å². The van der Waals surface area contributed by atoms with Gasteiger partial charge in [0.15, 0.2) is 0 Å². The van der Waals surface area contributed by atoms with Gasteiger partial charge in [-0.05, 0) is 38.5 Å². The van der Waals surface area contributed by atoms with Crippen LogP contribution in [0.3, 0.4) is 0 Å². The minimum Gasteiger partial charge on any atom is -0.465 e. The summed E-state index contributed by atoms with van der Waals surface area (Å²) in [4.78, 5) is 11.7. The van der Waals surface area contributed by atoms with Crippen molar-refractivity contribution in [1.82, 2.24) is 5.32 Å². The first-order valence-electron chi connectivity index (χ1n) is 6.87. The van der Waals surface area contributed by atoms with Gasteiger partial charge in [0.1, 0.15) is 6.04 Å². The molecule has 0 aromatic heterocycles. The second kappa shape index (κ2) is 9.64. The molecule has 18 heavy (non-hydrogen) atoms. The lowest BCUT2D eigenvalue weighted by Crippen LogP contribution is -2.38. The third kappa shape index (κ3) is 6.07. The maximum atomic E-state index is 11.7. The Bertz CT molecular complexity index is 232. The summed E-state index contributed by atoms with van der Waals surface area (Å²) in [5, 5.41) is 3.18. The van der Waals surface area contributed by atoms with Crippen molar-refractivity contribution in [2.24, 2.45) is 0 Å². The van der Waals surface area contributed by atoms with E-state index >= 15 is 0 Å². The van der Waals surface area contributed by atoms with Crippen LogP contribution < -0.4 is 5.32 Å². The minimum absolute atomic E-state index is 0.128. The predicted octanol–water partition coefficient (Wildman–Crippen LogP) is 1.83. The summed E-state index contributed by atoms with van der Waals surface area (Å²) in [6.45, 7) is 6.00. The Kier molecular flexibility index (Phi) is 8.46. The van der Waals surface area contributed by atoms with Crippen LogP contribution in [0.1, 0.15) is 33.1 Å². The summed E-state index contributed by atoms with van der Waals surface area (Å²) < 4.78 is 10.6. The Morgan fingerprint density at radius 2 is 2.39 bits per heavy atom. The highest BCUT2D eigenvalue weighted by Gasteiger charge is 2.19. The first kappa shape index (κ1) is 15.8. The van der Waals surface area contributed by atoms with Gasteiger partial charge in [0.05, 0.1) is 12.7 Å². The van der Waals surface area contributed by atoms with E-state index in [0.29, 0.717) is 12.7 Å². The van der Waals surface area contributed by atoms with Gasteiger partial charge in [-0.15, -0.1) is 0 Å². The molecule has 1 fully saturated rings. The first-order valence-corrected chi connectivity index (χ1v) is 8.02. The molecule has 4 nitrogen and oxygen atoms in total. The number of hydrogen-bond donors (Lipinski definition) is 1. The number of carbonyl (C=O) groups is 1. The Morgan fingerprint density at radius 1 is 1.56 bits per heavy atom. The Morgan fingerprint density at radius 3 is 3.00 bits per heavy atom. The number of likely N-dealkylation sites (N-methyl/N-ethyl adjacent to an activating group) is 1. The molecular weight excluding hydrogens is 250 g/mol. The molecule has 1 aliphatic rings. The maximum Gasteiger partial charge on any atom is 0.323 e. The quantitative estimate of drug-likeness (QED) is 0.514. The zero-order chi connectivity index (χ0) is 13.2. The largest absolute Gasteiger partial charge is 0.465 e. The third-order valence-electron chi connectivity index (χ3n) is 2.90. The molecule has 0 aromatic rings. The molecule has 2 atom stereocenters. The van der Waals surface area contributed by atoms with E-state index in [1.165, 1.54) is 12.8 Å². The number of nitrogens with one attached hydrogen (secondary N) is 1. The molecule has 5 heteroatoms. The van der Waals surface area contributed by atoms with Gasteiger partial charge in [-0.3, -0.25) is 4.79 Å². The molecule has 1 N–H and O–H groups in total. The summed E-state index contributed by atoms with van der Waals surface area (Å²) in [5.74, 6) is 1.88. The van der Waals surface area contributed by atoms with Crippen molar-refractivity contribution >= 4 is 17.7 Å². The summed E-state index contributed by atoms with van der Waals surface area (Å²) in [6, 6.07) is -0.160. The molecule has 1 saturated heterocycles. The van der Waals surface area contributed by atoms with Crippen molar-refractivity contribution in [1.29, 1.82) is 0 Å². The molecule has 1 heterocycles. The fraction of sp³-hybridized carbons (Fsp3) is 0.923. The highest BCUT2D eigenvalue weighted by atomic mass is 32.2. The van der Waals surface area contributed by atoms with Gasteiger partial charge in [0.2, 0.25) is 0 Å². The lowest BCUT2D eigenvalue weighted by Gasteiger charge is -2.16. The molecule has 0 aromatic carbocycles. The van der Waals surface area contributed by atoms with Crippen molar-refractivity contribution in [3.05, 3.63) is 0 Å². The Labute approximate surface area is 114 Å². The van der Waals surface area contributed by atoms with E-state index in [4.69, 9.17) is 9.47 Å². The van der Waals surface area contributed by atoms with Crippen LogP contribution in [0.2, 0.25) is 0 Å². The fourth-order valence-electron chi connectivity index (χ4n) is 1.98. The van der Waals surface area contributed by atoms with Crippen LogP contribution in [0.5, 0.6) is 0 Å². The van der Waals surface area contributed by atoms with E-state index in [1.54, 1.807) is 0 Å². The van der Waals surface area contributed by atoms with Gasteiger partial charge >= 0.3 is 5.97 Å². The normalized spacial score (nSPS) is 20.9. The van der Waals surface area contributed by atoms with E-state index in [9.17, 15) is 4.79 Å². The Hall–Kier alpha value is -0.260. The van der Waals surface area contributed by atoms with E-state index in [1.807, 2.05) is 25.6 Å².